The molecule has 2 aromatic rings. The van der Waals surface area contributed by atoms with Crippen LogP contribution in [0.3, 0.4) is 0 Å². The second-order valence-corrected chi connectivity index (χ2v) is 6.44. The molecule has 0 atom stereocenters. The Morgan fingerprint density at radius 3 is 2.83 bits per heavy atom. The second-order valence-electron chi connectivity index (χ2n) is 5.52. The Bertz CT molecular complexity index is 712. The zero-order chi connectivity index (χ0) is 16.4. The fourth-order valence-electron chi connectivity index (χ4n) is 2.59. The van der Waals surface area contributed by atoms with Crippen LogP contribution in [0, 0.1) is 10.1 Å². The minimum Gasteiger partial charge on any atom is -0.445 e. The summed E-state index contributed by atoms with van der Waals surface area (Å²) >= 11 is 3.24. The Morgan fingerprint density at radius 1 is 1.39 bits per heavy atom. The van der Waals surface area contributed by atoms with Crippen molar-refractivity contribution in [2.45, 2.75) is 18.9 Å². The third-order valence-electron chi connectivity index (χ3n) is 3.84. The third-order valence-corrected chi connectivity index (χ3v) is 4.27. The van der Waals surface area contributed by atoms with Crippen LogP contribution in [0.15, 0.2) is 29.1 Å². The molecule has 0 unspecified atom stereocenters. The van der Waals surface area contributed by atoms with E-state index in [1.54, 1.807) is 12.4 Å². The van der Waals surface area contributed by atoms with Gasteiger partial charge in [0.1, 0.15) is 0 Å². The van der Waals surface area contributed by atoms with Crippen LogP contribution < -0.4 is 4.74 Å². The maximum atomic E-state index is 11.0. The Labute approximate surface area is 141 Å². The van der Waals surface area contributed by atoms with Crippen LogP contribution in [0.1, 0.15) is 18.9 Å². The lowest BCUT2D eigenvalue weighted by Gasteiger charge is -2.28. The predicted octanol–water partition coefficient (Wildman–Crippen LogP) is 3.01. The predicted molar refractivity (Wildman–Crippen MR) is 86.7 cm³/mol. The average molecular weight is 382 g/mol. The van der Waals surface area contributed by atoms with E-state index in [2.05, 4.69) is 38.0 Å². The first-order valence-electron chi connectivity index (χ1n) is 7.23. The highest BCUT2D eigenvalue weighted by atomic mass is 79.9. The molecule has 1 aliphatic rings. The second kappa shape index (κ2) is 6.63. The lowest BCUT2D eigenvalue weighted by atomic mass is 10.1. The summed E-state index contributed by atoms with van der Waals surface area (Å²) in [5, 5.41) is 15.4. The van der Waals surface area contributed by atoms with Gasteiger partial charge in [0, 0.05) is 6.07 Å². The Balaban J connectivity index is 1.77. The van der Waals surface area contributed by atoms with E-state index in [1.807, 2.05) is 4.68 Å². The van der Waals surface area contributed by atoms with Crippen LogP contribution in [0.4, 0.5) is 5.82 Å². The number of halogens is 1. The monoisotopic (exact) mass is 381 g/mol. The molecule has 3 heterocycles. The minimum absolute atomic E-state index is 0.0901. The first-order valence-corrected chi connectivity index (χ1v) is 8.02. The molecule has 0 N–H and O–H groups in total. The molecule has 0 saturated carbocycles. The highest BCUT2D eigenvalue weighted by Crippen LogP contribution is 2.32. The average Bonchev–Trinajstić information content (AvgIpc) is 2.96. The number of pyridine rings is 1. The molecule has 2 aromatic heterocycles. The van der Waals surface area contributed by atoms with E-state index in [0.29, 0.717) is 16.3 Å². The molecule has 1 fully saturated rings. The van der Waals surface area contributed by atoms with Gasteiger partial charge in [0.2, 0.25) is 5.75 Å². The summed E-state index contributed by atoms with van der Waals surface area (Å²) in [6.45, 7) is 2.06. The van der Waals surface area contributed by atoms with Crippen molar-refractivity contribution in [3.63, 3.8) is 0 Å². The Hall–Kier alpha value is -2.00. The fraction of sp³-hybridized carbons (Fsp3) is 0.429. The summed E-state index contributed by atoms with van der Waals surface area (Å²) < 4.78 is 8.10. The van der Waals surface area contributed by atoms with E-state index in [1.165, 1.54) is 12.3 Å². The number of ether oxygens (including phenoxy) is 1. The van der Waals surface area contributed by atoms with Gasteiger partial charge in [-0.3, -0.25) is 4.68 Å². The largest absolute Gasteiger partial charge is 0.445 e. The highest BCUT2D eigenvalue weighted by molar-refractivity contribution is 9.10. The molecule has 0 amide bonds. The van der Waals surface area contributed by atoms with Crippen molar-refractivity contribution in [1.82, 2.24) is 19.7 Å². The smallest absolute Gasteiger partial charge is 0.406 e. The van der Waals surface area contributed by atoms with Gasteiger partial charge in [-0.2, -0.15) is 5.10 Å². The Morgan fingerprint density at radius 2 is 2.13 bits per heavy atom. The van der Waals surface area contributed by atoms with Crippen LogP contribution >= 0.6 is 15.9 Å². The quantitative estimate of drug-likeness (QED) is 0.597. The molecule has 122 valence electrons. The molecule has 0 bridgehead atoms. The maximum Gasteiger partial charge on any atom is 0.406 e. The molecule has 0 radical (unpaired) electrons. The zero-order valence-electron chi connectivity index (χ0n) is 12.6. The number of hydrogen-bond donors (Lipinski definition) is 0. The van der Waals surface area contributed by atoms with E-state index < -0.39 is 4.92 Å². The molecule has 23 heavy (non-hydrogen) atoms. The lowest BCUT2D eigenvalue weighted by Crippen LogP contribution is -2.31. The van der Waals surface area contributed by atoms with Crippen LogP contribution in [0.2, 0.25) is 0 Å². The van der Waals surface area contributed by atoms with Gasteiger partial charge in [0.05, 0.1) is 22.9 Å². The van der Waals surface area contributed by atoms with Crippen molar-refractivity contribution in [1.29, 1.82) is 0 Å². The van der Waals surface area contributed by atoms with Crippen molar-refractivity contribution in [3.8, 4) is 11.5 Å². The van der Waals surface area contributed by atoms with Gasteiger partial charge in [0.15, 0.2) is 11.9 Å². The molecule has 0 aliphatic carbocycles. The van der Waals surface area contributed by atoms with E-state index >= 15 is 0 Å². The molecule has 3 rings (SSSR count). The normalized spacial score (nSPS) is 16.4. The topological polar surface area (TPSA) is 86.3 Å². The number of nitro groups is 1. The van der Waals surface area contributed by atoms with Crippen LogP contribution in [0.25, 0.3) is 0 Å². The molecule has 9 heteroatoms. The SMILES string of the molecule is CN1CCC(n2cc(Oc3cc(Br)cnc3[N+](=O)[O-])cn2)CC1. The number of likely N-dealkylation sites (tertiary alicyclic amines) is 1. The van der Waals surface area contributed by atoms with Gasteiger partial charge < -0.3 is 19.8 Å². The van der Waals surface area contributed by atoms with E-state index in [-0.39, 0.29) is 11.6 Å². The highest BCUT2D eigenvalue weighted by Gasteiger charge is 2.21. The molecule has 1 saturated heterocycles. The lowest BCUT2D eigenvalue weighted by molar-refractivity contribution is -0.390. The molecule has 1 aliphatic heterocycles. The van der Waals surface area contributed by atoms with E-state index in [9.17, 15) is 10.1 Å². The molecule has 0 aromatic carbocycles. The summed E-state index contributed by atoms with van der Waals surface area (Å²) in [6.07, 6.45) is 6.77. The van der Waals surface area contributed by atoms with Gasteiger partial charge in [-0.25, -0.2) is 0 Å². The maximum absolute atomic E-state index is 11.0. The number of nitrogens with zero attached hydrogens (tertiary/aromatic N) is 5. The minimum atomic E-state index is -0.566. The van der Waals surface area contributed by atoms with Gasteiger partial charge >= 0.3 is 5.82 Å². The summed E-state index contributed by atoms with van der Waals surface area (Å²) in [7, 11) is 2.10. The van der Waals surface area contributed by atoms with E-state index in [4.69, 9.17) is 4.74 Å². The standard InChI is InChI=1S/C14H16BrN5O3/c1-18-4-2-11(3-5-18)19-9-12(8-17-19)23-13-6-10(15)7-16-14(13)20(21)22/h6-9,11H,2-5H2,1H3. The fourth-order valence-corrected chi connectivity index (χ4v) is 2.90. The van der Waals surface area contributed by atoms with Crippen LogP contribution in [-0.4, -0.2) is 44.7 Å². The van der Waals surface area contributed by atoms with Crippen molar-refractivity contribution in [3.05, 3.63) is 39.2 Å². The van der Waals surface area contributed by atoms with Crippen molar-refractivity contribution in [2.75, 3.05) is 20.1 Å². The third kappa shape index (κ3) is 3.67. The number of aromatic nitrogens is 3. The summed E-state index contributed by atoms with van der Waals surface area (Å²) in [6, 6.07) is 1.86. The summed E-state index contributed by atoms with van der Waals surface area (Å²) in [4.78, 5) is 16.5. The molecule has 8 nitrogen and oxygen atoms in total. The van der Waals surface area contributed by atoms with Crippen molar-refractivity contribution < 1.29 is 9.66 Å². The first kappa shape index (κ1) is 15.9. The molecular weight excluding hydrogens is 366 g/mol. The number of hydrogen-bond acceptors (Lipinski definition) is 6. The van der Waals surface area contributed by atoms with Crippen LogP contribution in [0.5, 0.6) is 11.5 Å². The van der Waals surface area contributed by atoms with Gasteiger partial charge in [-0.05, 0) is 58.8 Å². The molecule has 0 spiro atoms. The number of piperidine rings is 1. The zero-order valence-corrected chi connectivity index (χ0v) is 14.1. The summed E-state index contributed by atoms with van der Waals surface area (Å²) in [5.41, 5.74) is 0. The van der Waals surface area contributed by atoms with Crippen molar-refractivity contribution in [2.24, 2.45) is 0 Å². The molecular formula is C14H16BrN5O3. The summed E-state index contributed by atoms with van der Waals surface area (Å²) in [5.74, 6) is 0.236. The van der Waals surface area contributed by atoms with Gasteiger partial charge in [-0.1, -0.05) is 0 Å². The van der Waals surface area contributed by atoms with Gasteiger partial charge in [-0.15, -0.1) is 0 Å². The van der Waals surface area contributed by atoms with Crippen molar-refractivity contribution >= 4 is 21.7 Å². The van der Waals surface area contributed by atoms with E-state index in [0.717, 1.165) is 25.9 Å². The number of rotatable bonds is 4. The van der Waals surface area contributed by atoms with Crippen LogP contribution in [-0.2, 0) is 0 Å². The Kier molecular flexibility index (Phi) is 4.58. The van der Waals surface area contributed by atoms with Gasteiger partial charge in [0.25, 0.3) is 0 Å². The first-order chi connectivity index (χ1) is 11.0.